The van der Waals surface area contributed by atoms with Crippen LogP contribution in [0.25, 0.3) is 0 Å². The first-order chi connectivity index (χ1) is 14.9. The summed E-state index contributed by atoms with van der Waals surface area (Å²) in [7, 11) is 0. The molecule has 1 aromatic heterocycles. The maximum Gasteiger partial charge on any atom is 0.276 e. The van der Waals surface area contributed by atoms with Crippen molar-refractivity contribution in [1.29, 1.82) is 0 Å². The Morgan fingerprint density at radius 2 is 2.00 bits per heavy atom. The molecular formula is C25H37N5O. The van der Waals surface area contributed by atoms with Gasteiger partial charge in [-0.05, 0) is 50.3 Å². The van der Waals surface area contributed by atoms with Crippen LogP contribution in [-0.4, -0.2) is 34.9 Å². The first kappa shape index (κ1) is 23.1. The summed E-state index contributed by atoms with van der Waals surface area (Å²) in [6.45, 7) is 9.60. The molecule has 1 aliphatic carbocycles. The third-order valence-corrected chi connectivity index (χ3v) is 6.31. The average molecular weight is 424 g/mol. The van der Waals surface area contributed by atoms with Crippen molar-refractivity contribution in [3.8, 4) is 0 Å². The van der Waals surface area contributed by atoms with Gasteiger partial charge in [0.15, 0.2) is 5.69 Å². The van der Waals surface area contributed by atoms with Crippen LogP contribution in [0.1, 0.15) is 74.5 Å². The number of rotatable bonds is 6. The van der Waals surface area contributed by atoms with E-state index in [0.29, 0.717) is 23.2 Å². The van der Waals surface area contributed by atoms with Crippen LogP contribution < -0.4 is 16.8 Å². The normalized spacial score (nSPS) is 23.5. The van der Waals surface area contributed by atoms with Crippen LogP contribution in [0, 0.1) is 5.92 Å². The van der Waals surface area contributed by atoms with Gasteiger partial charge < -0.3 is 21.7 Å². The predicted molar refractivity (Wildman–Crippen MR) is 127 cm³/mol. The quantitative estimate of drug-likeness (QED) is 0.599. The summed E-state index contributed by atoms with van der Waals surface area (Å²) in [5.41, 5.74) is 15.7. The van der Waals surface area contributed by atoms with Crippen LogP contribution in [0.2, 0.25) is 0 Å². The van der Waals surface area contributed by atoms with Crippen molar-refractivity contribution in [3.05, 3.63) is 59.7 Å². The lowest BCUT2D eigenvalue weighted by atomic mass is 9.86. The van der Waals surface area contributed by atoms with Crippen LogP contribution in [0.3, 0.4) is 0 Å². The summed E-state index contributed by atoms with van der Waals surface area (Å²) in [5, 5.41) is 3.05. The number of carbonyl (C=O) groups excluding carboxylic acids is 1. The summed E-state index contributed by atoms with van der Waals surface area (Å²) >= 11 is 0. The van der Waals surface area contributed by atoms with Gasteiger partial charge >= 0.3 is 0 Å². The van der Waals surface area contributed by atoms with Gasteiger partial charge in [0.2, 0.25) is 0 Å². The zero-order chi connectivity index (χ0) is 22.4. The molecule has 2 unspecified atom stereocenters. The summed E-state index contributed by atoms with van der Waals surface area (Å²) in [5.74, 6) is 0.609. The third-order valence-electron chi connectivity index (χ3n) is 6.31. The highest BCUT2D eigenvalue weighted by atomic mass is 16.1. The Labute approximate surface area is 186 Å². The zero-order valence-corrected chi connectivity index (χ0v) is 18.9. The monoisotopic (exact) mass is 423 g/mol. The molecule has 1 aromatic rings. The highest BCUT2D eigenvalue weighted by Crippen LogP contribution is 2.32. The van der Waals surface area contributed by atoms with Crippen molar-refractivity contribution >= 4 is 11.6 Å². The molecule has 0 aromatic carbocycles. The Bertz CT molecular complexity index is 843. The van der Waals surface area contributed by atoms with Gasteiger partial charge in [-0.25, -0.2) is 4.98 Å². The summed E-state index contributed by atoms with van der Waals surface area (Å²) in [4.78, 5) is 20.1. The molecule has 1 aliphatic heterocycles. The molecule has 168 valence electrons. The highest BCUT2D eigenvalue weighted by Gasteiger charge is 2.26. The van der Waals surface area contributed by atoms with Crippen molar-refractivity contribution in [3.63, 3.8) is 0 Å². The first-order valence-electron chi connectivity index (χ1n) is 11.5. The Morgan fingerprint density at radius 3 is 2.65 bits per heavy atom. The Morgan fingerprint density at radius 1 is 1.26 bits per heavy atom. The second-order valence-electron chi connectivity index (χ2n) is 8.96. The SMILES string of the molecule is C=C/C=C(\C(=C/C)NC(=O)c1nc(C2CCCCC2)ccc1N)N1CC(C)CC(N)C1. The van der Waals surface area contributed by atoms with E-state index in [1.807, 2.05) is 31.2 Å². The molecule has 6 nitrogen and oxygen atoms in total. The molecule has 1 saturated carbocycles. The number of hydrogen-bond donors (Lipinski definition) is 3. The molecule has 1 amide bonds. The molecule has 2 fully saturated rings. The van der Waals surface area contributed by atoms with Crippen molar-refractivity contribution < 1.29 is 4.79 Å². The van der Waals surface area contributed by atoms with Gasteiger partial charge in [0, 0.05) is 30.7 Å². The number of allylic oxidation sites excluding steroid dienone is 3. The number of carbonyl (C=O) groups is 1. The van der Waals surface area contributed by atoms with E-state index in [1.54, 1.807) is 6.08 Å². The number of pyridine rings is 1. The van der Waals surface area contributed by atoms with Crippen molar-refractivity contribution in [2.24, 2.45) is 11.7 Å². The lowest BCUT2D eigenvalue weighted by Crippen LogP contribution is -2.47. The minimum absolute atomic E-state index is 0.107. The minimum atomic E-state index is -0.285. The van der Waals surface area contributed by atoms with E-state index >= 15 is 0 Å². The number of anilines is 1. The van der Waals surface area contributed by atoms with E-state index in [9.17, 15) is 4.79 Å². The summed E-state index contributed by atoms with van der Waals surface area (Å²) in [6, 6.07) is 3.89. The van der Waals surface area contributed by atoms with E-state index in [1.165, 1.54) is 19.3 Å². The minimum Gasteiger partial charge on any atom is -0.397 e. The van der Waals surface area contributed by atoms with Crippen molar-refractivity contribution in [2.45, 2.75) is 64.3 Å². The molecule has 2 heterocycles. The fourth-order valence-corrected chi connectivity index (χ4v) is 4.83. The first-order valence-corrected chi connectivity index (χ1v) is 11.5. The van der Waals surface area contributed by atoms with E-state index in [-0.39, 0.29) is 11.9 Å². The second-order valence-corrected chi connectivity index (χ2v) is 8.96. The smallest absolute Gasteiger partial charge is 0.276 e. The molecule has 31 heavy (non-hydrogen) atoms. The van der Waals surface area contributed by atoms with Gasteiger partial charge in [0.1, 0.15) is 0 Å². The van der Waals surface area contributed by atoms with Gasteiger partial charge in [-0.3, -0.25) is 4.79 Å². The number of likely N-dealkylation sites (tertiary alicyclic amines) is 1. The predicted octanol–water partition coefficient (Wildman–Crippen LogP) is 4.08. The number of aromatic nitrogens is 1. The van der Waals surface area contributed by atoms with Crippen molar-refractivity contribution in [2.75, 3.05) is 18.8 Å². The largest absolute Gasteiger partial charge is 0.397 e. The topological polar surface area (TPSA) is 97.3 Å². The number of nitrogen functional groups attached to an aromatic ring is 1. The zero-order valence-electron chi connectivity index (χ0n) is 18.9. The molecule has 0 spiro atoms. The van der Waals surface area contributed by atoms with Gasteiger partial charge in [-0.15, -0.1) is 0 Å². The maximum atomic E-state index is 13.2. The van der Waals surface area contributed by atoms with E-state index in [2.05, 4.69) is 28.7 Å². The molecular weight excluding hydrogens is 386 g/mol. The lowest BCUT2D eigenvalue weighted by molar-refractivity contribution is 0.0959. The maximum absolute atomic E-state index is 13.2. The van der Waals surface area contributed by atoms with E-state index < -0.39 is 0 Å². The van der Waals surface area contributed by atoms with Crippen LogP contribution in [-0.2, 0) is 0 Å². The van der Waals surface area contributed by atoms with E-state index in [4.69, 9.17) is 11.5 Å². The molecule has 6 heteroatoms. The van der Waals surface area contributed by atoms with Crippen LogP contribution in [0.5, 0.6) is 0 Å². The summed E-state index contributed by atoms with van der Waals surface area (Å²) in [6.07, 6.45) is 12.5. The molecule has 1 saturated heterocycles. The Hall–Kier alpha value is -2.60. The second kappa shape index (κ2) is 10.6. The Kier molecular flexibility index (Phi) is 7.91. The van der Waals surface area contributed by atoms with E-state index in [0.717, 1.165) is 49.4 Å². The lowest BCUT2D eigenvalue weighted by Gasteiger charge is -2.38. The van der Waals surface area contributed by atoms with Crippen molar-refractivity contribution in [1.82, 2.24) is 15.2 Å². The molecule has 0 radical (unpaired) electrons. The Balaban J connectivity index is 1.81. The number of hydrogen-bond acceptors (Lipinski definition) is 5. The van der Waals surface area contributed by atoms with Crippen LogP contribution in [0.4, 0.5) is 5.69 Å². The number of nitrogens with two attached hydrogens (primary N) is 2. The number of amides is 1. The fourth-order valence-electron chi connectivity index (χ4n) is 4.83. The van der Waals surface area contributed by atoms with Crippen LogP contribution in [0.15, 0.2) is 48.3 Å². The average Bonchev–Trinajstić information content (AvgIpc) is 2.76. The van der Waals surface area contributed by atoms with Gasteiger partial charge in [-0.1, -0.05) is 44.9 Å². The van der Waals surface area contributed by atoms with Gasteiger partial charge in [0.05, 0.1) is 17.1 Å². The standard InChI is InChI=1S/C25H37N5O/c1-4-9-23(30-15-17(3)14-19(26)16-30)21(5-2)29-25(31)24-20(27)12-13-22(28-24)18-10-7-6-8-11-18/h4-5,9,12-13,17-19H,1,6-8,10-11,14-16,26-27H2,2-3H3,(H,29,31)/b21-5+,23-9+. The highest BCUT2D eigenvalue weighted by molar-refractivity contribution is 5.98. The molecule has 0 bridgehead atoms. The summed E-state index contributed by atoms with van der Waals surface area (Å²) < 4.78 is 0. The molecule has 2 aliphatic rings. The number of piperidine rings is 1. The van der Waals surface area contributed by atoms with Crippen LogP contribution >= 0.6 is 0 Å². The number of nitrogens with zero attached hydrogens (tertiary/aromatic N) is 2. The molecule has 2 atom stereocenters. The van der Waals surface area contributed by atoms with Gasteiger partial charge in [-0.2, -0.15) is 0 Å². The molecule has 3 rings (SSSR count). The third kappa shape index (κ3) is 5.76. The molecule has 5 N–H and O–H groups in total. The number of nitrogens with one attached hydrogen (secondary N) is 1. The fraction of sp³-hybridized carbons (Fsp3) is 0.520. The van der Waals surface area contributed by atoms with Gasteiger partial charge in [0.25, 0.3) is 5.91 Å².